The second kappa shape index (κ2) is 10.6. The van der Waals surface area contributed by atoms with Crippen molar-refractivity contribution >= 4 is 17.6 Å². The van der Waals surface area contributed by atoms with E-state index in [0.29, 0.717) is 36.0 Å². The van der Waals surface area contributed by atoms with Gasteiger partial charge in [-0.15, -0.1) is 0 Å². The zero-order chi connectivity index (χ0) is 24.9. The smallest absolute Gasteiger partial charge is 0.335 e. The molecule has 0 atom stereocenters. The average Bonchev–Trinajstić information content (AvgIpc) is 3.23. The summed E-state index contributed by atoms with van der Waals surface area (Å²) in [6.45, 7) is 2.88. The number of carboxylic acid groups (broad SMARTS) is 1. The van der Waals surface area contributed by atoms with Crippen LogP contribution in [-0.4, -0.2) is 34.1 Å². The molecule has 1 N–H and O–H groups in total. The summed E-state index contributed by atoms with van der Waals surface area (Å²) in [6, 6.07) is 16.4. The maximum atomic E-state index is 14.1. The molecule has 6 nitrogen and oxygen atoms in total. The summed E-state index contributed by atoms with van der Waals surface area (Å²) in [5.74, 6) is -1.37. The van der Waals surface area contributed by atoms with Crippen LogP contribution in [0.2, 0.25) is 5.02 Å². The summed E-state index contributed by atoms with van der Waals surface area (Å²) in [4.78, 5) is 11.1. The van der Waals surface area contributed by atoms with Crippen molar-refractivity contribution in [1.29, 1.82) is 0 Å². The van der Waals surface area contributed by atoms with Gasteiger partial charge in [0.2, 0.25) is 5.88 Å². The first-order chi connectivity index (χ1) is 16.9. The lowest BCUT2D eigenvalue weighted by Gasteiger charge is -2.12. The number of hydrogen-bond donors (Lipinski definition) is 1. The molecular weight excluding hydrogens is 478 g/mol. The van der Waals surface area contributed by atoms with Crippen LogP contribution in [0.15, 0.2) is 66.7 Å². The summed E-state index contributed by atoms with van der Waals surface area (Å²) >= 11 is 6.33. The van der Waals surface area contributed by atoms with E-state index in [4.69, 9.17) is 26.2 Å². The van der Waals surface area contributed by atoms with E-state index < -0.39 is 17.6 Å². The van der Waals surface area contributed by atoms with Crippen LogP contribution in [0, 0.1) is 11.6 Å². The zero-order valence-corrected chi connectivity index (χ0v) is 19.4. The van der Waals surface area contributed by atoms with Crippen LogP contribution >= 0.6 is 11.6 Å². The van der Waals surface area contributed by atoms with Crippen LogP contribution in [0.5, 0.6) is 11.6 Å². The molecule has 180 valence electrons. The number of nitrogens with zero attached hydrogens (tertiary/aromatic N) is 2. The van der Waals surface area contributed by atoms with E-state index in [0.717, 1.165) is 11.6 Å². The van der Waals surface area contributed by atoms with E-state index in [1.54, 1.807) is 41.1 Å². The van der Waals surface area contributed by atoms with E-state index in [9.17, 15) is 13.6 Å². The highest BCUT2D eigenvalue weighted by atomic mass is 35.5. The summed E-state index contributed by atoms with van der Waals surface area (Å²) in [6.07, 6.45) is 0. The third-order valence-corrected chi connectivity index (χ3v) is 5.49. The highest BCUT2D eigenvalue weighted by molar-refractivity contribution is 6.32. The molecule has 0 saturated heterocycles. The Hall–Kier alpha value is -3.91. The van der Waals surface area contributed by atoms with E-state index in [1.165, 1.54) is 24.3 Å². The summed E-state index contributed by atoms with van der Waals surface area (Å²) in [5, 5.41) is 13.9. The fraction of sp³-hybridized carbons (Fsp3) is 0.154. The van der Waals surface area contributed by atoms with Gasteiger partial charge in [0.05, 0.1) is 29.4 Å². The van der Waals surface area contributed by atoms with E-state index >= 15 is 0 Å². The maximum absolute atomic E-state index is 14.1. The number of carbonyl (C=O) groups is 1. The molecule has 0 fully saturated rings. The number of carboxylic acids is 1. The second-order valence-electron chi connectivity index (χ2n) is 7.52. The molecule has 9 heteroatoms. The summed E-state index contributed by atoms with van der Waals surface area (Å²) in [5.41, 5.74) is 2.32. The lowest BCUT2D eigenvalue weighted by Crippen LogP contribution is -2.11. The molecule has 0 saturated carbocycles. The second-order valence-corrected chi connectivity index (χ2v) is 7.93. The van der Waals surface area contributed by atoms with E-state index in [1.807, 2.05) is 6.92 Å². The highest BCUT2D eigenvalue weighted by Gasteiger charge is 2.13. The Kier molecular flexibility index (Phi) is 7.31. The van der Waals surface area contributed by atoms with Gasteiger partial charge in [-0.2, -0.15) is 5.10 Å². The number of benzene rings is 3. The molecule has 35 heavy (non-hydrogen) atoms. The Bertz CT molecular complexity index is 1360. The largest absolute Gasteiger partial charge is 0.490 e. The normalized spacial score (nSPS) is 10.9. The molecule has 4 aromatic rings. The summed E-state index contributed by atoms with van der Waals surface area (Å²) in [7, 11) is 0. The average molecular weight is 499 g/mol. The van der Waals surface area contributed by atoms with Crippen LogP contribution in [0.1, 0.15) is 17.3 Å². The number of rotatable bonds is 9. The first-order valence-electron chi connectivity index (χ1n) is 10.8. The minimum atomic E-state index is -0.997. The third kappa shape index (κ3) is 5.60. The minimum absolute atomic E-state index is 0.191. The standard InChI is InChI=1S/C26H21ClF2N2O4/c1-2-34-25-15-23(16-3-5-17(6-4-16)26(32)33)30-31(25)11-12-35-24-10-7-18(13-21(24)27)20-9-8-19(28)14-22(20)29/h3-10,13-15H,2,11-12H2,1H3,(H,32,33). The molecule has 0 spiro atoms. The Labute approximate surface area is 205 Å². The van der Waals surface area contributed by atoms with Gasteiger partial charge in [0.15, 0.2) is 0 Å². The number of hydrogen-bond acceptors (Lipinski definition) is 4. The fourth-order valence-electron chi connectivity index (χ4n) is 3.50. The van der Waals surface area contributed by atoms with Crippen LogP contribution in [0.4, 0.5) is 8.78 Å². The van der Waals surface area contributed by atoms with E-state index in [2.05, 4.69) is 5.10 Å². The third-order valence-electron chi connectivity index (χ3n) is 5.20. The first-order valence-corrected chi connectivity index (χ1v) is 11.2. The highest BCUT2D eigenvalue weighted by Crippen LogP contribution is 2.32. The van der Waals surface area contributed by atoms with Gasteiger partial charge in [-0.3, -0.25) is 0 Å². The van der Waals surface area contributed by atoms with Crippen molar-refractivity contribution < 1.29 is 28.2 Å². The van der Waals surface area contributed by atoms with Crippen LogP contribution in [0.25, 0.3) is 22.4 Å². The minimum Gasteiger partial charge on any atom is -0.490 e. The number of halogens is 3. The zero-order valence-electron chi connectivity index (χ0n) is 18.7. The van der Waals surface area contributed by atoms with Gasteiger partial charge >= 0.3 is 5.97 Å². The van der Waals surface area contributed by atoms with Gasteiger partial charge < -0.3 is 14.6 Å². The quantitative estimate of drug-likeness (QED) is 0.292. The molecule has 0 bridgehead atoms. The van der Waals surface area contributed by atoms with Gasteiger partial charge in [0.25, 0.3) is 0 Å². The van der Waals surface area contributed by atoms with Gasteiger partial charge in [-0.25, -0.2) is 18.3 Å². The van der Waals surface area contributed by atoms with Crippen LogP contribution in [-0.2, 0) is 6.54 Å². The Morgan fingerprint density at radius 3 is 2.40 bits per heavy atom. The first kappa shape index (κ1) is 24.2. The Balaban J connectivity index is 1.46. The van der Waals surface area contributed by atoms with Gasteiger partial charge in [-0.1, -0.05) is 29.8 Å². The molecule has 3 aromatic carbocycles. The van der Waals surface area contributed by atoms with Crippen molar-refractivity contribution in [3.63, 3.8) is 0 Å². The molecule has 4 rings (SSSR count). The maximum Gasteiger partial charge on any atom is 0.335 e. The van der Waals surface area contributed by atoms with Gasteiger partial charge in [0.1, 0.15) is 24.0 Å². The van der Waals surface area contributed by atoms with Crippen molar-refractivity contribution in [3.8, 4) is 34.0 Å². The molecule has 0 unspecified atom stereocenters. The SMILES string of the molecule is CCOc1cc(-c2ccc(C(=O)O)cc2)nn1CCOc1ccc(-c2ccc(F)cc2F)cc1Cl. The van der Waals surface area contributed by atoms with Crippen molar-refractivity contribution in [2.75, 3.05) is 13.2 Å². The van der Waals surface area contributed by atoms with E-state index in [-0.39, 0.29) is 22.8 Å². The van der Waals surface area contributed by atoms with Gasteiger partial charge in [-0.05, 0) is 48.9 Å². The topological polar surface area (TPSA) is 73.6 Å². The lowest BCUT2D eigenvalue weighted by atomic mass is 10.0. The predicted octanol–water partition coefficient (Wildman–Crippen LogP) is 6.32. The van der Waals surface area contributed by atoms with Crippen molar-refractivity contribution in [1.82, 2.24) is 9.78 Å². The van der Waals surface area contributed by atoms with Crippen molar-refractivity contribution in [2.24, 2.45) is 0 Å². The molecule has 0 amide bonds. The van der Waals surface area contributed by atoms with Gasteiger partial charge in [0, 0.05) is 23.3 Å². The van der Waals surface area contributed by atoms with Crippen LogP contribution in [0.3, 0.4) is 0 Å². The number of ether oxygens (including phenoxy) is 2. The van der Waals surface area contributed by atoms with Crippen molar-refractivity contribution in [2.45, 2.75) is 13.5 Å². The fourth-order valence-corrected chi connectivity index (χ4v) is 3.73. The number of aromatic nitrogens is 2. The Morgan fingerprint density at radius 1 is 1.00 bits per heavy atom. The molecular formula is C26H21ClF2N2O4. The molecule has 1 aromatic heterocycles. The van der Waals surface area contributed by atoms with Crippen molar-refractivity contribution in [3.05, 3.63) is 89.0 Å². The molecule has 1 heterocycles. The lowest BCUT2D eigenvalue weighted by molar-refractivity contribution is 0.0697. The monoisotopic (exact) mass is 498 g/mol. The molecule has 0 aliphatic carbocycles. The number of aromatic carboxylic acids is 1. The molecule has 0 aliphatic heterocycles. The summed E-state index contributed by atoms with van der Waals surface area (Å²) < 4.78 is 40.4. The van der Waals surface area contributed by atoms with Crippen LogP contribution < -0.4 is 9.47 Å². The molecule has 0 aliphatic rings. The Morgan fingerprint density at radius 2 is 1.74 bits per heavy atom. The molecule has 0 radical (unpaired) electrons. The predicted molar refractivity (Wildman–Crippen MR) is 128 cm³/mol.